The van der Waals surface area contributed by atoms with Gasteiger partial charge in [-0.05, 0) is 33.9 Å². The van der Waals surface area contributed by atoms with Gasteiger partial charge in [-0.15, -0.1) is 11.8 Å². The van der Waals surface area contributed by atoms with Crippen LogP contribution in [0.4, 0.5) is 0 Å². The molecule has 0 fully saturated rings. The summed E-state index contributed by atoms with van der Waals surface area (Å²) in [6.45, 7) is 12.7. The van der Waals surface area contributed by atoms with Crippen molar-refractivity contribution in [1.82, 2.24) is 4.90 Å². The maximum Gasteiger partial charge on any atom is 0.0331 e. The molecule has 1 unspecified atom stereocenters. The van der Waals surface area contributed by atoms with Gasteiger partial charge in [-0.3, -0.25) is 4.90 Å². The number of hydrogen-bond donors (Lipinski definition) is 1. The van der Waals surface area contributed by atoms with Gasteiger partial charge in [0, 0.05) is 18.0 Å². The van der Waals surface area contributed by atoms with Gasteiger partial charge in [0.15, 0.2) is 0 Å². The lowest BCUT2D eigenvalue weighted by molar-refractivity contribution is 0.108. The van der Waals surface area contributed by atoms with Crippen LogP contribution in [0.25, 0.3) is 0 Å². The first kappa shape index (κ1) is 13.5. The first-order chi connectivity index (χ1) is 6.50. The fraction of sp³-hybridized carbons (Fsp3) is 0.833. The molecule has 14 heavy (non-hydrogen) atoms. The van der Waals surface area contributed by atoms with Crippen LogP contribution in [0.15, 0.2) is 0 Å². The van der Waals surface area contributed by atoms with E-state index >= 15 is 0 Å². The molecule has 82 valence electrons. The Morgan fingerprint density at radius 1 is 1.29 bits per heavy atom. The fourth-order valence-electron chi connectivity index (χ4n) is 1.73. The Morgan fingerprint density at radius 2 is 1.79 bits per heavy atom. The van der Waals surface area contributed by atoms with Crippen molar-refractivity contribution in [3.63, 3.8) is 0 Å². The molecule has 0 aliphatic heterocycles. The normalized spacial score (nSPS) is 13.6. The third kappa shape index (κ3) is 3.32. The van der Waals surface area contributed by atoms with Crippen LogP contribution in [0.3, 0.4) is 0 Å². The van der Waals surface area contributed by atoms with E-state index < -0.39 is 0 Å². The summed E-state index contributed by atoms with van der Waals surface area (Å²) in [5, 5.41) is 0. The minimum atomic E-state index is 0.0351. The minimum absolute atomic E-state index is 0.0351. The first-order valence-electron chi connectivity index (χ1n) is 5.40. The third-order valence-corrected chi connectivity index (χ3v) is 2.98. The molecule has 2 heteroatoms. The smallest absolute Gasteiger partial charge is 0.0331 e. The molecule has 0 aromatic rings. The molecule has 0 heterocycles. The predicted molar refractivity (Wildman–Crippen MR) is 63.0 cm³/mol. The largest absolute Gasteiger partial charge is 0.325 e. The highest BCUT2D eigenvalue weighted by Gasteiger charge is 2.30. The van der Waals surface area contributed by atoms with Crippen LogP contribution in [0.2, 0.25) is 0 Å². The van der Waals surface area contributed by atoms with Crippen LogP contribution in [-0.2, 0) is 0 Å². The van der Waals surface area contributed by atoms with Gasteiger partial charge in [0.05, 0.1) is 0 Å². The maximum atomic E-state index is 6.15. The minimum Gasteiger partial charge on any atom is -0.325 e. The van der Waals surface area contributed by atoms with Gasteiger partial charge in [-0.2, -0.15) is 0 Å². The first-order valence-corrected chi connectivity index (χ1v) is 5.40. The molecule has 0 rings (SSSR count). The van der Waals surface area contributed by atoms with Crippen molar-refractivity contribution in [1.29, 1.82) is 0 Å². The molecule has 2 N–H and O–H groups in total. The van der Waals surface area contributed by atoms with Crippen LogP contribution in [-0.4, -0.2) is 29.6 Å². The van der Waals surface area contributed by atoms with Gasteiger partial charge in [0.25, 0.3) is 0 Å². The molecular formula is C12H24N2. The highest BCUT2D eigenvalue weighted by atomic mass is 15.2. The van der Waals surface area contributed by atoms with Crippen LogP contribution in [0, 0.1) is 11.8 Å². The van der Waals surface area contributed by atoms with Crippen molar-refractivity contribution >= 4 is 0 Å². The molecule has 0 radical (unpaired) electrons. The molecular weight excluding hydrogens is 172 g/mol. The molecule has 0 amide bonds. The average Bonchev–Trinajstić information content (AvgIpc) is 2.15. The van der Waals surface area contributed by atoms with Crippen molar-refractivity contribution in [3.05, 3.63) is 0 Å². The van der Waals surface area contributed by atoms with Crippen molar-refractivity contribution in [2.24, 2.45) is 5.73 Å². The van der Waals surface area contributed by atoms with E-state index in [0.29, 0.717) is 0 Å². The maximum absolute atomic E-state index is 6.15. The van der Waals surface area contributed by atoms with Gasteiger partial charge >= 0.3 is 0 Å². The number of nitrogens with zero attached hydrogens (tertiary/aromatic N) is 1. The molecule has 0 spiro atoms. The quantitative estimate of drug-likeness (QED) is 0.680. The van der Waals surface area contributed by atoms with E-state index in [-0.39, 0.29) is 11.6 Å². The molecule has 0 saturated heterocycles. The second kappa shape index (κ2) is 6.06. The standard InChI is InChI=1S/C12H24N2/c1-6-9-10-11(13)12(4,5)14(7-2)8-3/h11H,7-8,10,13H2,1-5H3. The Bertz CT molecular complexity index is 206. The molecule has 1 atom stereocenters. The van der Waals surface area contributed by atoms with Crippen LogP contribution < -0.4 is 5.73 Å². The summed E-state index contributed by atoms with van der Waals surface area (Å²) in [5.41, 5.74) is 6.18. The zero-order valence-corrected chi connectivity index (χ0v) is 10.2. The Balaban J connectivity index is 4.45. The van der Waals surface area contributed by atoms with Crippen LogP contribution in [0.1, 0.15) is 41.0 Å². The van der Waals surface area contributed by atoms with Crippen LogP contribution >= 0.6 is 0 Å². The molecule has 0 bridgehead atoms. The average molecular weight is 196 g/mol. The van der Waals surface area contributed by atoms with Gasteiger partial charge in [-0.1, -0.05) is 13.8 Å². The summed E-state index contributed by atoms with van der Waals surface area (Å²) >= 11 is 0. The predicted octanol–water partition coefficient (Wildman–Crippen LogP) is 1.85. The summed E-state index contributed by atoms with van der Waals surface area (Å²) in [4.78, 5) is 2.38. The van der Waals surface area contributed by atoms with Crippen molar-refractivity contribution < 1.29 is 0 Å². The number of hydrogen-bond acceptors (Lipinski definition) is 2. The number of likely N-dealkylation sites (N-methyl/N-ethyl adjacent to an activating group) is 1. The van der Waals surface area contributed by atoms with Crippen molar-refractivity contribution in [2.75, 3.05) is 13.1 Å². The zero-order chi connectivity index (χ0) is 11.2. The highest BCUT2D eigenvalue weighted by Crippen LogP contribution is 2.18. The Labute approximate surface area is 88.9 Å². The van der Waals surface area contributed by atoms with Crippen molar-refractivity contribution in [2.45, 2.75) is 52.6 Å². The van der Waals surface area contributed by atoms with Gasteiger partial charge in [0.2, 0.25) is 0 Å². The summed E-state index contributed by atoms with van der Waals surface area (Å²) in [5.74, 6) is 5.95. The SMILES string of the molecule is CC#CCC(N)C(C)(C)N(CC)CC. The van der Waals surface area contributed by atoms with Gasteiger partial charge in [0.1, 0.15) is 0 Å². The lowest BCUT2D eigenvalue weighted by Crippen LogP contribution is -2.55. The second-order valence-corrected chi connectivity index (χ2v) is 4.06. The number of nitrogens with two attached hydrogens (primary N) is 1. The topological polar surface area (TPSA) is 29.3 Å². The second-order valence-electron chi connectivity index (χ2n) is 4.06. The molecule has 0 aromatic heterocycles. The Kier molecular flexibility index (Phi) is 5.83. The summed E-state index contributed by atoms with van der Waals surface area (Å²) in [7, 11) is 0. The lowest BCUT2D eigenvalue weighted by atomic mass is 9.90. The summed E-state index contributed by atoms with van der Waals surface area (Å²) in [6.07, 6.45) is 0.778. The zero-order valence-electron chi connectivity index (χ0n) is 10.2. The van der Waals surface area contributed by atoms with Gasteiger partial charge < -0.3 is 5.73 Å². The van der Waals surface area contributed by atoms with Gasteiger partial charge in [-0.25, -0.2) is 0 Å². The highest BCUT2D eigenvalue weighted by molar-refractivity contribution is 5.03. The third-order valence-electron chi connectivity index (χ3n) is 2.98. The fourth-order valence-corrected chi connectivity index (χ4v) is 1.73. The van der Waals surface area contributed by atoms with E-state index in [0.717, 1.165) is 19.5 Å². The molecule has 2 nitrogen and oxygen atoms in total. The summed E-state index contributed by atoms with van der Waals surface area (Å²) in [6, 6.07) is 0.120. The lowest BCUT2D eigenvalue weighted by Gasteiger charge is -2.41. The van der Waals surface area contributed by atoms with E-state index in [1.807, 2.05) is 6.92 Å². The molecule has 0 saturated carbocycles. The molecule has 0 aliphatic rings. The Hall–Kier alpha value is -0.520. The monoisotopic (exact) mass is 196 g/mol. The molecule has 0 aliphatic carbocycles. The van der Waals surface area contributed by atoms with E-state index in [4.69, 9.17) is 5.73 Å². The molecule has 0 aromatic carbocycles. The van der Waals surface area contributed by atoms with E-state index in [1.54, 1.807) is 0 Å². The summed E-state index contributed by atoms with van der Waals surface area (Å²) < 4.78 is 0. The van der Waals surface area contributed by atoms with E-state index in [1.165, 1.54) is 0 Å². The number of rotatable bonds is 5. The Morgan fingerprint density at radius 3 is 2.14 bits per heavy atom. The van der Waals surface area contributed by atoms with Crippen molar-refractivity contribution in [3.8, 4) is 11.8 Å². The van der Waals surface area contributed by atoms with Crippen LogP contribution in [0.5, 0.6) is 0 Å². The van der Waals surface area contributed by atoms with E-state index in [2.05, 4.69) is 44.4 Å². The van der Waals surface area contributed by atoms with E-state index in [9.17, 15) is 0 Å².